The number of aliphatic hydroxyl groups is 3. The number of fused-ring (bicyclic) bond motifs is 3. The molecule has 3 atom stereocenters. The summed E-state index contributed by atoms with van der Waals surface area (Å²) in [4.78, 5) is 52.0. The van der Waals surface area contributed by atoms with Crippen LogP contribution in [0.1, 0.15) is 24.0 Å². The summed E-state index contributed by atoms with van der Waals surface area (Å²) in [5, 5.41) is 46.3. The minimum Gasteiger partial charge on any atom is -0.508 e. The second-order valence-electron chi connectivity index (χ2n) is 9.95. The molecule has 12 nitrogen and oxygen atoms in total. The lowest BCUT2D eigenvalue weighted by Gasteiger charge is -2.46. The van der Waals surface area contributed by atoms with Crippen molar-refractivity contribution in [1.82, 2.24) is 4.90 Å². The molecular weight excluding hydrogens is 505 g/mol. The third-order valence-corrected chi connectivity index (χ3v) is 7.75. The van der Waals surface area contributed by atoms with Crippen molar-refractivity contribution in [2.24, 2.45) is 17.6 Å². The van der Waals surface area contributed by atoms with Crippen LogP contribution in [-0.2, 0) is 30.3 Å². The molecule has 1 aliphatic heterocycles. The van der Waals surface area contributed by atoms with Crippen LogP contribution in [0.15, 0.2) is 23.0 Å². The molecule has 4 aliphatic rings. The van der Waals surface area contributed by atoms with Gasteiger partial charge in [0.25, 0.3) is 5.91 Å². The molecule has 0 spiro atoms. The SMILES string of the molecule is NC(=O)C1=C(O)[C@@]2(O)C(=O)C3=C(O)c4c(O)c(NC(=O)CN5CCOCC5)cc(F)c4CC3C[C@H]2CC1=O. The summed E-state index contributed by atoms with van der Waals surface area (Å²) >= 11 is 0. The van der Waals surface area contributed by atoms with Gasteiger partial charge in [0.1, 0.15) is 22.9 Å². The predicted molar refractivity (Wildman–Crippen MR) is 127 cm³/mol. The number of Topliss-reactive ketones (excluding diaryl/α,β-unsaturated/α-hetero) is 2. The number of ketones is 2. The van der Waals surface area contributed by atoms with Crippen molar-refractivity contribution in [3.8, 4) is 5.75 Å². The number of nitrogens with two attached hydrogens (primary N) is 1. The van der Waals surface area contributed by atoms with Crippen LogP contribution in [-0.4, -0.2) is 87.2 Å². The van der Waals surface area contributed by atoms with E-state index in [4.69, 9.17) is 10.5 Å². The van der Waals surface area contributed by atoms with Crippen LogP contribution in [0.2, 0.25) is 0 Å². The molecule has 0 bridgehead atoms. The van der Waals surface area contributed by atoms with Gasteiger partial charge in [0.05, 0.1) is 31.0 Å². The van der Waals surface area contributed by atoms with Gasteiger partial charge in [0.15, 0.2) is 17.1 Å². The van der Waals surface area contributed by atoms with Crippen molar-refractivity contribution < 1.29 is 48.7 Å². The lowest BCUT2D eigenvalue weighted by atomic mass is 9.59. The highest BCUT2D eigenvalue weighted by Gasteiger charge is 2.60. The van der Waals surface area contributed by atoms with E-state index in [1.807, 2.05) is 4.90 Å². The van der Waals surface area contributed by atoms with E-state index >= 15 is 4.39 Å². The third kappa shape index (κ3) is 3.85. The van der Waals surface area contributed by atoms with Crippen molar-refractivity contribution in [1.29, 1.82) is 0 Å². The summed E-state index contributed by atoms with van der Waals surface area (Å²) in [6, 6.07) is 0.919. The quantitative estimate of drug-likeness (QED) is 0.224. The number of halogens is 1. The highest BCUT2D eigenvalue weighted by Crippen LogP contribution is 2.53. The Balaban J connectivity index is 1.53. The maximum absolute atomic E-state index is 15.2. The second-order valence-corrected chi connectivity index (χ2v) is 9.95. The number of aliphatic hydroxyl groups excluding tert-OH is 2. The zero-order chi connectivity index (χ0) is 27.5. The van der Waals surface area contributed by atoms with Crippen molar-refractivity contribution in [2.45, 2.75) is 24.9 Å². The Kier molecular flexibility index (Phi) is 6.24. The van der Waals surface area contributed by atoms with Crippen molar-refractivity contribution in [3.05, 3.63) is 39.9 Å². The molecule has 0 aromatic heterocycles. The highest BCUT2D eigenvalue weighted by atomic mass is 19.1. The first-order chi connectivity index (χ1) is 17.9. The summed E-state index contributed by atoms with van der Waals surface area (Å²) in [7, 11) is 0. The van der Waals surface area contributed by atoms with E-state index in [0.29, 0.717) is 26.3 Å². The van der Waals surface area contributed by atoms with E-state index < -0.39 is 87.0 Å². The molecule has 3 aliphatic carbocycles. The number of anilines is 1. The van der Waals surface area contributed by atoms with E-state index in [-0.39, 0.29) is 30.6 Å². The number of amides is 2. The maximum atomic E-state index is 15.2. The predicted octanol–water partition coefficient (Wildman–Crippen LogP) is -0.166. The van der Waals surface area contributed by atoms with Crippen LogP contribution in [0.25, 0.3) is 5.76 Å². The molecule has 202 valence electrons. The van der Waals surface area contributed by atoms with E-state index in [1.54, 1.807) is 0 Å². The Morgan fingerprint density at radius 3 is 2.53 bits per heavy atom. The van der Waals surface area contributed by atoms with Gasteiger partial charge in [0.2, 0.25) is 11.7 Å². The topological polar surface area (TPSA) is 200 Å². The Labute approximate surface area is 215 Å². The summed E-state index contributed by atoms with van der Waals surface area (Å²) in [5.74, 6) is -9.46. The van der Waals surface area contributed by atoms with Crippen LogP contribution in [0, 0.1) is 17.7 Å². The summed E-state index contributed by atoms with van der Waals surface area (Å²) < 4.78 is 20.4. The molecule has 1 saturated carbocycles. The molecule has 0 radical (unpaired) electrons. The molecule has 1 unspecified atom stereocenters. The van der Waals surface area contributed by atoms with Crippen LogP contribution in [0.5, 0.6) is 5.75 Å². The van der Waals surface area contributed by atoms with Gasteiger partial charge in [-0.05, 0) is 18.8 Å². The fourth-order valence-electron chi connectivity index (χ4n) is 5.89. The first kappa shape index (κ1) is 25.8. The van der Waals surface area contributed by atoms with Gasteiger partial charge < -0.3 is 36.2 Å². The monoisotopic (exact) mass is 531 g/mol. The van der Waals surface area contributed by atoms with E-state index in [0.717, 1.165) is 6.07 Å². The Morgan fingerprint density at radius 1 is 1.18 bits per heavy atom. The zero-order valence-corrected chi connectivity index (χ0v) is 20.1. The Bertz CT molecular complexity index is 1350. The average Bonchev–Trinajstić information content (AvgIpc) is 2.85. The van der Waals surface area contributed by atoms with Gasteiger partial charge in [-0.25, -0.2) is 4.39 Å². The number of primary amides is 1. The Hall–Kier alpha value is -3.81. The molecule has 2 fully saturated rings. The molecule has 5 rings (SSSR count). The standard InChI is InChI=1S/C25H26FN3O9/c26-13-8-14(28-16(31)9-29-1-3-38-4-2-29)20(32)18-12(13)6-10-5-11-7-15(30)19(24(27)36)23(35)25(11,37)22(34)17(10)21(18)33/h8,10-11,32-33,35,37H,1-7,9H2,(H2,27,36)(H,28,31)/t10?,11-,25-/m0/s1. The lowest BCUT2D eigenvalue weighted by Crippen LogP contribution is -2.58. The minimum atomic E-state index is -2.71. The lowest BCUT2D eigenvalue weighted by molar-refractivity contribution is -0.147. The molecule has 7 N–H and O–H groups in total. The number of benzene rings is 1. The average molecular weight is 531 g/mol. The minimum absolute atomic E-state index is 0.0456. The smallest absolute Gasteiger partial charge is 0.255 e. The number of carbonyl (C=O) groups excluding carboxylic acids is 4. The highest BCUT2D eigenvalue weighted by molar-refractivity contribution is 6.22. The van der Waals surface area contributed by atoms with E-state index in [1.165, 1.54) is 0 Å². The van der Waals surface area contributed by atoms with Gasteiger partial charge in [-0.15, -0.1) is 0 Å². The number of morpholine rings is 1. The van der Waals surface area contributed by atoms with Crippen molar-refractivity contribution in [3.63, 3.8) is 0 Å². The number of nitrogens with one attached hydrogen (secondary N) is 1. The van der Waals surface area contributed by atoms with Gasteiger partial charge in [0, 0.05) is 42.6 Å². The zero-order valence-electron chi connectivity index (χ0n) is 20.1. The van der Waals surface area contributed by atoms with Gasteiger partial charge in [-0.2, -0.15) is 0 Å². The first-order valence-corrected chi connectivity index (χ1v) is 12.1. The van der Waals surface area contributed by atoms with Gasteiger partial charge >= 0.3 is 0 Å². The molecule has 38 heavy (non-hydrogen) atoms. The number of nitrogens with zero attached hydrogens (tertiary/aromatic N) is 1. The van der Waals surface area contributed by atoms with Crippen LogP contribution >= 0.6 is 0 Å². The number of phenolic OH excluding ortho intramolecular Hbond substituents is 1. The fraction of sp³-hybridized carbons (Fsp3) is 0.440. The van der Waals surface area contributed by atoms with Crippen LogP contribution in [0.4, 0.5) is 10.1 Å². The molecule has 13 heteroatoms. The normalized spacial score (nSPS) is 27.5. The largest absolute Gasteiger partial charge is 0.508 e. The van der Waals surface area contributed by atoms with Gasteiger partial charge in [-0.3, -0.25) is 24.1 Å². The number of aromatic hydroxyl groups is 1. The maximum Gasteiger partial charge on any atom is 0.255 e. The summed E-state index contributed by atoms with van der Waals surface area (Å²) in [6.45, 7) is 1.90. The molecule has 1 aromatic carbocycles. The molecule has 1 heterocycles. The van der Waals surface area contributed by atoms with Crippen LogP contribution < -0.4 is 11.1 Å². The number of ether oxygens (including phenoxy) is 1. The number of hydrogen-bond acceptors (Lipinski definition) is 10. The van der Waals surface area contributed by atoms with E-state index in [2.05, 4.69) is 5.32 Å². The summed E-state index contributed by atoms with van der Waals surface area (Å²) in [5.41, 5.74) is 0.289. The van der Waals surface area contributed by atoms with E-state index in [9.17, 15) is 39.6 Å². The molecule has 2 amide bonds. The summed E-state index contributed by atoms with van der Waals surface area (Å²) in [6.07, 6.45) is -0.749. The van der Waals surface area contributed by atoms with Crippen molar-refractivity contribution in [2.75, 3.05) is 38.2 Å². The number of rotatable bonds is 4. The number of hydrogen-bond donors (Lipinski definition) is 6. The van der Waals surface area contributed by atoms with Crippen LogP contribution in [0.3, 0.4) is 0 Å². The fourth-order valence-corrected chi connectivity index (χ4v) is 5.89. The number of carbonyl (C=O) groups is 4. The Morgan fingerprint density at radius 2 is 1.87 bits per heavy atom. The van der Waals surface area contributed by atoms with Crippen molar-refractivity contribution >= 4 is 34.8 Å². The molecule has 1 saturated heterocycles. The third-order valence-electron chi connectivity index (χ3n) is 7.75. The molecule has 1 aromatic rings. The second kappa shape index (κ2) is 9.19. The molecular formula is C25H26FN3O9. The number of phenols is 1. The van der Waals surface area contributed by atoms with Gasteiger partial charge in [-0.1, -0.05) is 0 Å². The first-order valence-electron chi connectivity index (χ1n) is 12.1.